The van der Waals surface area contributed by atoms with E-state index in [-0.39, 0.29) is 24.5 Å². The summed E-state index contributed by atoms with van der Waals surface area (Å²) >= 11 is 0. The van der Waals surface area contributed by atoms with Crippen molar-refractivity contribution < 1.29 is 15.3 Å². The van der Waals surface area contributed by atoms with Crippen molar-refractivity contribution in [1.82, 2.24) is 0 Å². The Bertz CT molecular complexity index is 346. The van der Waals surface area contributed by atoms with Gasteiger partial charge < -0.3 is 15.3 Å². The third-order valence-corrected chi connectivity index (χ3v) is 5.09. The van der Waals surface area contributed by atoms with Gasteiger partial charge in [-0.1, -0.05) is 20.8 Å². The summed E-state index contributed by atoms with van der Waals surface area (Å²) in [5.41, 5.74) is 1.82. The molecule has 0 radical (unpaired) electrons. The molecule has 0 aliphatic heterocycles. The van der Waals surface area contributed by atoms with Crippen LogP contribution in [0.5, 0.6) is 0 Å². The minimum Gasteiger partial charge on any atom is -0.396 e. The molecule has 0 bridgehead atoms. The summed E-state index contributed by atoms with van der Waals surface area (Å²) in [5, 5.41) is 29.7. The molecule has 3 nitrogen and oxygen atoms in total. The van der Waals surface area contributed by atoms with Gasteiger partial charge in [0.1, 0.15) is 0 Å². The summed E-state index contributed by atoms with van der Waals surface area (Å²) in [4.78, 5) is 0. The Hall–Kier alpha value is -0.380. The number of rotatable bonds is 2. The predicted octanol–water partition coefficient (Wildman–Crippen LogP) is 1.72. The standard InChI is InChI=1S/C15H26O3/c1-9-4-5-10(7-16)12(8-17)13-11(9)6-15(2,3)14(13)18/h9-11,14,16-18H,4-8H2,1-3H3. The molecular weight excluding hydrogens is 228 g/mol. The average Bonchev–Trinajstić information content (AvgIpc) is 2.49. The van der Waals surface area contributed by atoms with E-state index in [9.17, 15) is 15.3 Å². The lowest BCUT2D eigenvalue weighted by atomic mass is 9.84. The summed E-state index contributed by atoms with van der Waals surface area (Å²) in [6.07, 6.45) is 2.48. The molecule has 104 valence electrons. The molecule has 1 fully saturated rings. The van der Waals surface area contributed by atoms with E-state index in [2.05, 4.69) is 20.8 Å². The van der Waals surface area contributed by atoms with Gasteiger partial charge in [-0.25, -0.2) is 0 Å². The van der Waals surface area contributed by atoms with Gasteiger partial charge in [-0.3, -0.25) is 0 Å². The van der Waals surface area contributed by atoms with Crippen molar-refractivity contribution in [2.24, 2.45) is 23.2 Å². The first-order valence-corrected chi connectivity index (χ1v) is 7.05. The first-order chi connectivity index (χ1) is 8.42. The van der Waals surface area contributed by atoms with Crippen LogP contribution in [0.4, 0.5) is 0 Å². The Kier molecular flexibility index (Phi) is 3.86. The van der Waals surface area contributed by atoms with Crippen molar-refractivity contribution in [1.29, 1.82) is 0 Å². The first-order valence-electron chi connectivity index (χ1n) is 7.05. The zero-order valence-corrected chi connectivity index (χ0v) is 11.7. The molecule has 2 aliphatic carbocycles. The number of fused-ring (bicyclic) bond motifs is 1. The maximum atomic E-state index is 10.6. The zero-order valence-electron chi connectivity index (χ0n) is 11.7. The number of aliphatic hydroxyl groups excluding tert-OH is 3. The maximum absolute atomic E-state index is 10.6. The monoisotopic (exact) mass is 254 g/mol. The lowest BCUT2D eigenvalue weighted by molar-refractivity contribution is 0.100. The molecule has 3 heteroatoms. The number of hydrogen-bond donors (Lipinski definition) is 3. The number of aliphatic hydroxyl groups is 3. The van der Waals surface area contributed by atoms with Crippen molar-refractivity contribution in [3.05, 3.63) is 11.1 Å². The van der Waals surface area contributed by atoms with E-state index in [1.165, 1.54) is 0 Å². The lowest BCUT2D eigenvalue weighted by Gasteiger charge is -2.25. The maximum Gasteiger partial charge on any atom is 0.0807 e. The summed E-state index contributed by atoms with van der Waals surface area (Å²) in [6, 6.07) is 0. The Labute approximate surface area is 110 Å². The van der Waals surface area contributed by atoms with Crippen molar-refractivity contribution in [3.63, 3.8) is 0 Å². The van der Waals surface area contributed by atoms with Crippen LogP contribution >= 0.6 is 0 Å². The van der Waals surface area contributed by atoms with E-state index in [4.69, 9.17) is 0 Å². The Morgan fingerprint density at radius 1 is 1.22 bits per heavy atom. The predicted molar refractivity (Wildman–Crippen MR) is 71.0 cm³/mol. The van der Waals surface area contributed by atoms with Crippen LogP contribution < -0.4 is 0 Å². The van der Waals surface area contributed by atoms with E-state index in [0.29, 0.717) is 11.8 Å². The molecule has 0 heterocycles. The molecule has 2 rings (SSSR count). The highest BCUT2D eigenvalue weighted by molar-refractivity contribution is 5.32. The Balaban J connectivity index is 2.48. The lowest BCUT2D eigenvalue weighted by Crippen LogP contribution is -2.26. The van der Waals surface area contributed by atoms with Gasteiger partial charge in [0, 0.05) is 12.5 Å². The average molecular weight is 254 g/mol. The Morgan fingerprint density at radius 3 is 2.44 bits per heavy atom. The van der Waals surface area contributed by atoms with Crippen LogP contribution in [0.25, 0.3) is 0 Å². The highest BCUT2D eigenvalue weighted by Gasteiger charge is 2.48. The molecule has 0 saturated heterocycles. The minimum atomic E-state index is -0.473. The van der Waals surface area contributed by atoms with Crippen molar-refractivity contribution in [2.45, 2.75) is 46.1 Å². The van der Waals surface area contributed by atoms with Gasteiger partial charge in [-0.05, 0) is 47.7 Å². The van der Waals surface area contributed by atoms with Crippen LogP contribution in [0.15, 0.2) is 11.1 Å². The zero-order chi connectivity index (χ0) is 13.5. The second kappa shape index (κ2) is 4.95. The topological polar surface area (TPSA) is 60.7 Å². The highest BCUT2D eigenvalue weighted by atomic mass is 16.3. The summed E-state index contributed by atoms with van der Waals surface area (Å²) < 4.78 is 0. The van der Waals surface area contributed by atoms with Crippen molar-refractivity contribution in [3.8, 4) is 0 Å². The molecule has 4 unspecified atom stereocenters. The third-order valence-electron chi connectivity index (χ3n) is 5.09. The fourth-order valence-electron chi connectivity index (χ4n) is 3.83. The fraction of sp³-hybridized carbons (Fsp3) is 0.867. The highest BCUT2D eigenvalue weighted by Crippen LogP contribution is 2.52. The van der Waals surface area contributed by atoms with Gasteiger partial charge in [0.25, 0.3) is 0 Å². The quantitative estimate of drug-likeness (QED) is 0.658. The smallest absolute Gasteiger partial charge is 0.0807 e. The molecule has 0 aromatic carbocycles. The molecule has 2 aliphatic rings. The normalized spacial score (nSPS) is 39.7. The Morgan fingerprint density at radius 2 is 1.89 bits per heavy atom. The van der Waals surface area contributed by atoms with Crippen molar-refractivity contribution in [2.75, 3.05) is 13.2 Å². The molecule has 0 aromatic heterocycles. The molecular formula is C15H26O3. The molecule has 0 aromatic rings. The summed E-state index contributed by atoms with van der Waals surface area (Å²) in [7, 11) is 0. The number of hydrogen-bond acceptors (Lipinski definition) is 3. The summed E-state index contributed by atoms with van der Waals surface area (Å²) in [6.45, 7) is 6.46. The van der Waals surface area contributed by atoms with Gasteiger partial charge in [-0.2, -0.15) is 0 Å². The van der Waals surface area contributed by atoms with Crippen LogP contribution in [0.1, 0.15) is 40.0 Å². The van der Waals surface area contributed by atoms with E-state index >= 15 is 0 Å². The molecule has 1 saturated carbocycles. The molecule has 4 atom stereocenters. The van der Waals surface area contributed by atoms with Gasteiger partial charge in [0.15, 0.2) is 0 Å². The van der Waals surface area contributed by atoms with Crippen LogP contribution in [-0.4, -0.2) is 34.6 Å². The van der Waals surface area contributed by atoms with Gasteiger partial charge >= 0.3 is 0 Å². The van der Waals surface area contributed by atoms with E-state index in [1.54, 1.807) is 0 Å². The fourth-order valence-corrected chi connectivity index (χ4v) is 3.83. The van der Waals surface area contributed by atoms with Gasteiger partial charge in [0.05, 0.1) is 12.7 Å². The van der Waals surface area contributed by atoms with Gasteiger partial charge in [-0.15, -0.1) is 0 Å². The second-order valence-corrected chi connectivity index (χ2v) is 6.77. The molecule has 0 amide bonds. The summed E-state index contributed by atoms with van der Waals surface area (Å²) in [5.74, 6) is 0.921. The van der Waals surface area contributed by atoms with Crippen LogP contribution in [0, 0.1) is 23.2 Å². The van der Waals surface area contributed by atoms with Crippen molar-refractivity contribution >= 4 is 0 Å². The first kappa shape index (κ1) is 14.0. The van der Waals surface area contributed by atoms with E-state index in [1.807, 2.05) is 0 Å². The van der Waals surface area contributed by atoms with E-state index in [0.717, 1.165) is 30.4 Å². The molecule has 0 spiro atoms. The minimum absolute atomic E-state index is 0.0287. The second-order valence-electron chi connectivity index (χ2n) is 6.77. The SMILES string of the molecule is CC1CCC(CO)C(CO)=C2C1CC(C)(C)C2O. The van der Waals surface area contributed by atoms with Crippen LogP contribution in [0.3, 0.4) is 0 Å². The van der Waals surface area contributed by atoms with Crippen LogP contribution in [0.2, 0.25) is 0 Å². The van der Waals surface area contributed by atoms with Gasteiger partial charge in [0.2, 0.25) is 0 Å². The molecule has 3 N–H and O–H groups in total. The van der Waals surface area contributed by atoms with E-state index < -0.39 is 6.10 Å². The van der Waals surface area contributed by atoms with Crippen LogP contribution in [-0.2, 0) is 0 Å². The third kappa shape index (κ3) is 2.13. The largest absolute Gasteiger partial charge is 0.396 e. The molecule has 18 heavy (non-hydrogen) atoms.